The number of unbranched alkanes of at least 4 members (excludes halogenated alkanes) is 1. The normalized spacial score (nSPS) is 24.4. The number of nitrogens with zero attached hydrogens (tertiary/aromatic N) is 2. The molecular weight excluding hydrogens is 496 g/mol. The number of hydrogen-bond acceptors (Lipinski definition) is 7. The van der Waals surface area contributed by atoms with Crippen LogP contribution >= 0.6 is 0 Å². The number of sulfonamides is 1. The first-order chi connectivity index (χ1) is 17.6. The molecule has 0 radical (unpaired) electrons. The van der Waals surface area contributed by atoms with E-state index in [0.717, 1.165) is 23.0 Å². The highest BCUT2D eigenvalue weighted by atomic mass is 32.2. The van der Waals surface area contributed by atoms with Crippen LogP contribution in [-0.2, 0) is 19.6 Å². The first kappa shape index (κ1) is 28.5. The van der Waals surface area contributed by atoms with Crippen molar-refractivity contribution in [1.29, 1.82) is 0 Å². The Hall–Kier alpha value is -3.06. The van der Waals surface area contributed by atoms with Crippen molar-refractivity contribution in [2.24, 2.45) is 10.8 Å². The van der Waals surface area contributed by atoms with Gasteiger partial charge < -0.3 is 20.7 Å². The van der Waals surface area contributed by atoms with Gasteiger partial charge in [-0.2, -0.15) is 4.72 Å². The summed E-state index contributed by atoms with van der Waals surface area (Å²) in [4.78, 5) is 32.2. The lowest BCUT2D eigenvalue weighted by Crippen LogP contribution is -2.80. The molecule has 2 aromatic carbocycles. The van der Waals surface area contributed by atoms with Crippen molar-refractivity contribution in [2.45, 2.75) is 68.7 Å². The van der Waals surface area contributed by atoms with E-state index in [0.29, 0.717) is 11.8 Å². The molecule has 12 heteroatoms. The fourth-order valence-electron chi connectivity index (χ4n) is 4.60. The molecule has 1 aliphatic rings. The number of fused-ring (bicyclic) bond motifs is 1. The minimum atomic E-state index is -4.42. The van der Waals surface area contributed by atoms with Gasteiger partial charge in [0.05, 0.1) is 16.8 Å². The Kier molecular flexibility index (Phi) is 8.90. The van der Waals surface area contributed by atoms with E-state index in [9.17, 15) is 23.1 Å². The van der Waals surface area contributed by atoms with Crippen LogP contribution in [0.25, 0.3) is 10.8 Å². The third-order valence-electron chi connectivity index (χ3n) is 6.77. The van der Waals surface area contributed by atoms with Crippen molar-refractivity contribution >= 4 is 38.9 Å². The van der Waals surface area contributed by atoms with Crippen LogP contribution in [-0.4, -0.2) is 67.0 Å². The predicted octanol–water partition coefficient (Wildman–Crippen LogP) is 0.984. The molecule has 1 saturated heterocycles. The number of rotatable bonds is 10. The van der Waals surface area contributed by atoms with Crippen LogP contribution in [0.3, 0.4) is 0 Å². The predicted molar refractivity (Wildman–Crippen MR) is 142 cm³/mol. The number of nitrogens with one attached hydrogen (secondary N) is 3. The Morgan fingerprint density at radius 1 is 1.22 bits per heavy atom. The highest BCUT2D eigenvalue weighted by Crippen LogP contribution is 2.38. The molecule has 0 aromatic heterocycles. The third-order valence-corrected chi connectivity index (χ3v) is 8.23. The number of carbonyl (C=O) groups is 2. The van der Waals surface area contributed by atoms with Gasteiger partial charge in [-0.25, -0.2) is 14.3 Å². The van der Waals surface area contributed by atoms with Crippen molar-refractivity contribution in [2.75, 3.05) is 13.1 Å². The molecule has 0 saturated carbocycles. The zero-order valence-electron chi connectivity index (χ0n) is 21.4. The molecule has 1 aliphatic heterocycles. The minimum Gasteiger partial charge on any atom is -0.386 e. The summed E-state index contributed by atoms with van der Waals surface area (Å²) < 4.78 is 30.1. The molecule has 3 rings (SSSR count). The number of benzene rings is 2. The standard InChI is InChI=1S/C25H36N6O5S/c1-4-6-14-27-23(34)25(22(33)24(3,28-17-29-26)13-15-31(25)21(32)5-2)30-37(35,36)20-12-11-18-9-7-8-10-19(18)16-20/h7-12,16-17,22,30,33H,4-6,13-15,26H2,1-3H3,(H,27,34)(H,28,29). The molecule has 0 bridgehead atoms. The van der Waals surface area contributed by atoms with Gasteiger partial charge in [-0.3, -0.25) is 14.6 Å². The van der Waals surface area contributed by atoms with Crippen LogP contribution in [0.4, 0.5) is 0 Å². The zero-order chi connectivity index (χ0) is 27.3. The van der Waals surface area contributed by atoms with E-state index in [2.05, 4.69) is 20.5 Å². The summed E-state index contributed by atoms with van der Waals surface area (Å²) in [7, 11) is -4.42. The lowest BCUT2D eigenvalue weighted by molar-refractivity contribution is -0.170. The summed E-state index contributed by atoms with van der Waals surface area (Å²) in [6, 6.07) is 11.8. The molecule has 0 aliphatic carbocycles. The van der Waals surface area contributed by atoms with Crippen LogP contribution in [0, 0.1) is 0 Å². The fourth-order valence-corrected chi connectivity index (χ4v) is 5.97. The first-order valence-electron chi connectivity index (χ1n) is 12.3. The SMILES string of the molecule is CCCCNC(=O)C1(NS(=O)(=O)c2ccc3ccccc3c2)C(O)C(C)(N=CNN)CCN1C(=O)CC. The van der Waals surface area contributed by atoms with Crippen LogP contribution in [0.1, 0.15) is 46.5 Å². The Balaban J connectivity index is 2.19. The molecule has 202 valence electrons. The summed E-state index contributed by atoms with van der Waals surface area (Å²) in [5.41, 5.74) is -1.43. The van der Waals surface area contributed by atoms with Gasteiger partial charge in [-0.1, -0.05) is 50.6 Å². The number of amides is 2. The number of carbonyl (C=O) groups excluding carboxylic acids is 2. The number of piperidine rings is 1. The van der Waals surface area contributed by atoms with Gasteiger partial charge in [-0.15, -0.1) is 0 Å². The van der Waals surface area contributed by atoms with Gasteiger partial charge in [0.15, 0.2) is 0 Å². The van der Waals surface area contributed by atoms with Crippen LogP contribution in [0.2, 0.25) is 0 Å². The molecule has 11 nitrogen and oxygen atoms in total. The van der Waals surface area contributed by atoms with E-state index in [1.165, 1.54) is 12.1 Å². The van der Waals surface area contributed by atoms with Gasteiger partial charge in [0.1, 0.15) is 6.10 Å². The van der Waals surface area contributed by atoms with Gasteiger partial charge in [0.2, 0.25) is 21.6 Å². The van der Waals surface area contributed by atoms with E-state index in [-0.39, 0.29) is 30.8 Å². The number of aliphatic hydroxyl groups is 1. The van der Waals surface area contributed by atoms with Crippen LogP contribution in [0.15, 0.2) is 52.4 Å². The average molecular weight is 533 g/mol. The lowest BCUT2D eigenvalue weighted by Gasteiger charge is -2.53. The molecule has 6 N–H and O–H groups in total. The zero-order valence-corrected chi connectivity index (χ0v) is 22.2. The number of aliphatic imine (C=N–C) groups is 1. The van der Waals surface area contributed by atoms with E-state index in [1.807, 2.05) is 19.1 Å². The van der Waals surface area contributed by atoms with E-state index >= 15 is 0 Å². The van der Waals surface area contributed by atoms with Crippen molar-refractivity contribution in [3.8, 4) is 0 Å². The molecule has 1 heterocycles. The van der Waals surface area contributed by atoms with Gasteiger partial charge in [-0.05, 0) is 42.7 Å². The average Bonchev–Trinajstić information content (AvgIpc) is 2.89. The summed E-state index contributed by atoms with van der Waals surface area (Å²) >= 11 is 0. The maximum Gasteiger partial charge on any atom is 0.264 e. The number of hydrazine groups is 1. The minimum absolute atomic E-state index is 0.00124. The smallest absolute Gasteiger partial charge is 0.264 e. The molecule has 2 aromatic rings. The third kappa shape index (κ3) is 5.61. The number of aliphatic hydroxyl groups excluding tert-OH is 1. The molecular formula is C25H36N6O5S. The molecule has 2 amide bonds. The number of likely N-dealkylation sites (tertiary alicyclic amines) is 1. The number of hydrogen-bond donors (Lipinski definition) is 5. The van der Waals surface area contributed by atoms with Crippen LogP contribution < -0.4 is 21.3 Å². The number of nitrogens with two attached hydrogens (primary N) is 1. The van der Waals surface area contributed by atoms with Gasteiger partial charge in [0.25, 0.3) is 5.91 Å². The molecule has 37 heavy (non-hydrogen) atoms. The molecule has 3 atom stereocenters. The lowest BCUT2D eigenvalue weighted by atomic mass is 9.77. The summed E-state index contributed by atoms with van der Waals surface area (Å²) in [6.07, 6.45) is 0.992. The van der Waals surface area contributed by atoms with Crippen molar-refractivity contribution < 1.29 is 23.1 Å². The van der Waals surface area contributed by atoms with E-state index in [1.54, 1.807) is 32.0 Å². The van der Waals surface area contributed by atoms with Crippen LogP contribution in [0.5, 0.6) is 0 Å². The van der Waals surface area contributed by atoms with Gasteiger partial charge >= 0.3 is 0 Å². The Morgan fingerprint density at radius 3 is 2.57 bits per heavy atom. The summed E-state index contributed by atoms with van der Waals surface area (Å²) in [5, 5.41) is 16.0. The molecule has 0 spiro atoms. The monoisotopic (exact) mass is 532 g/mol. The summed E-state index contributed by atoms with van der Waals surface area (Å²) in [5.74, 6) is 4.02. The fraction of sp³-hybridized carbons (Fsp3) is 0.480. The second-order valence-electron chi connectivity index (χ2n) is 9.32. The second-order valence-corrected chi connectivity index (χ2v) is 11.0. The summed E-state index contributed by atoms with van der Waals surface area (Å²) in [6.45, 7) is 5.34. The maximum atomic E-state index is 13.8. The maximum absolute atomic E-state index is 13.8. The quantitative estimate of drug-likeness (QED) is 0.1000. The van der Waals surface area contributed by atoms with E-state index < -0.39 is 39.1 Å². The van der Waals surface area contributed by atoms with Crippen molar-refractivity contribution in [3.05, 3.63) is 42.5 Å². The topological polar surface area (TPSA) is 166 Å². The molecule has 1 fully saturated rings. The van der Waals surface area contributed by atoms with Crippen molar-refractivity contribution in [1.82, 2.24) is 20.4 Å². The van der Waals surface area contributed by atoms with Crippen molar-refractivity contribution in [3.63, 3.8) is 0 Å². The largest absolute Gasteiger partial charge is 0.386 e. The Labute approximate surface area is 217 Å². The van der Waals surface area contributed by atoms with E-state index in [4.69, 9.17) is 5.84 Å². The highest BCUT2D eigenvalue weighted by Gasteiger charge is 2.62. The Bertz CT molecular complexity index is 1270. The second kappa shape index (κ2) is 11.5. The highest BCUT2D eigenvalue weighted by molar-refractivity contribution is 7.89. The van der Waals surface area contributed by atoms with Gasteiger partial charge in [0, 0.05) is 19.5 Å². The Morgan fingerprint density at radius 2 is 1.92 bits per heavy atom. The molecule has 3 unspecified atom stereocenters. The first-order valence-corrected chi connectivity index (χ1v) is 13.8.